The van der Waals surface area contributed by atoms with E-state index in [9.17, 15) is 5.11 Å². The van der Waals surface area contributed by atoms with E-state index in [1.165, 1.54) is 0 Å². The minimum atomic E-state index is -0.681. The molecule has 0 spiro atoms. The Morgan fingerprint density at radius 2 is 2.33 bits per heavy atom. The van der Waals surface area contributed by atoms with Gasteiger partial charge in [-0.15, -0.1) is 0 Å². The van der Waals surface area contributed by atoms with Crippen molar-refractivity contribution in [3.8, 4) is 0 Å². The monoisotopic (exact) mass is 169 g/mol. The summed E-state index contributed by atoms with van der Waals surface area (Å²) in [5, 5.41) is 13.4. The molecule has 0 aromatic carbocycles. The quantitative estimate of drug-likeness (QED) is 0.597. The van der Waals surface area contributed by atoms with Gasteiger partial charge in [-0.25, -0.2) is 0 Å². The van der Waals surface area contributed by atoms with E-state index in [2.05, 4.69) is 19.0 Å². The Kier molecular flexibility index (Phi) is 1.65. The molecule has 2 aliphatic rings. The van der Waals surface area contributed by atoms with Gasteiger partial charge in [0.25, 0.3) is 0 Å². The number of aliphatic hydroxyl groups is 1. The Labute approximate surface area is 72.4 Å². The van der Waals surface area contributed by atoms with Crippen molar-refractivity contribution in [2.24, 2.45) is 16.5 Å². The zero-order chi connectivity index (χ0) is 8.77. The first-order chi connectivity index (χ1) is 5.61. The highest BCUT2D eigenvalue weighted by atomic mass is 16.7. The number of aliphatic hydroxyl groups excluding tert-OH is 1. The molecule has 3 heteroatoms. The van der Waals surface area contributed by atoms with Gasteiger partial charge in [-0.3, -0.25) is 0 Å². The maximum Gasteiger partial charge on any atom is 0.232 e. The Morgan fingerprint density at radius 1 is 1.58 bits per heavy atom. The average molecular weight is 169 g/mol. The van der Waals surface area contributed by atoms with Crippen LogP contribution in [0.25, 0.3) is 0 Å². The van der Waals surface area contributed by atoms with Gasteiger partial charge in [0.05, 0.1) is 11.6 Å². The zero-order valence-corrected chi connectivity index (χ0v) is 7.58. The minimum Gasteiger partial charge on any atom is -0.363 e. The van der Waals surface area contributed by atoms with Crippen LogP contribution in [0.5, 0.6) is 0 Å². The molecule has 1 aliphatic carbocycles. The molecule has 1 saturated carbocycles. The van der Waals surface area contributed by atoms with E-state index < -0.39 is 6.29 Å². The van der Waals surface area contributed by atoms with E-state index in [0.29, 0.717) is 0 Å². The summed E-state index contributed by atoms with van der Waals surface area (Å²) < 4.78 is 0. The molecule has 0 unspecified atom stereocenters. The van der Waals surface area contributed by atoms with Gasteiger partial charge >= 0.3 is 0 Å². The van der Waals surface area contributed by atoms with Crippen LogP contribution in [-0.2, 0) is 4.84 Å². The molecule has 0 aromatic rings. The third kappa shape index (κ3) is 1.04. The zero-order valence-electron chi connectivity index (χ0n) is 7.58. The van der Waals surface area contributed by atoms with Crippen LogP contribution in [-0.4, -0.2) is 17.1 Å². The van der Waals surface area contributed by atoms with Crippen LogP contribution in [0.3, 0.4) is 0 Å². The Morgan fingerprint density at radius 3 is 3.00 bits per heavy atom. The first kappa shape index (κ1) is 8.05. The lowest BCUT2D eigenvalue weighted by molar-refractivity contribution is -0.101. The summed E-state index contributed by atoms with van der Waals surface area (Å²) in [7, 11) is 0. The molecule has 1 fully saturated rings. The molecule has 1 aliphatic heterocycles. The fraction of sp³-hybridized carbons (Fsp3) is 0.889. The molecule has 2 atom stereocenters. The van der Waals surface area contributed by atoms with E-state index >= 15 is 0 Å². The van der Waals surface area contributed by atoms with Gasteiger partial charge in [-0.05, 0) is 12.8 Å². The van der Waals surface area contributed by atoms with Crippen LogP contribution in [0.1, 0.15) is 33.1 Å². The smallest absolute Gasteiger partial charge is 0.232 e. The maximum atomic E-state index is 9.42. The van der Waals surface area contributed by atoms with E-state index in [-0.39, 0.29) is 11.3 Å². The molecular formula is C9H15NO2. The molecule has 3 nitrogen and oxygen atoms in total. The molecule has 68 valence electrons. The summed E-state index contributed by atoms with van der Waals surface area (Å²) >= 11 is 0. The second-order valence-electron chi connectivity index (χ2n) is 4.36. The standard InChI is InChI=1S/C9H15NO2/c1-9(2)5-3-4-6-7(9)10-12-8(6)11/h6,8,11H,3-5H2,1-2H3/t6-,8+/m1/s1. The van der Waals surface area contributed by atoms with Crippen LogP contribution in [0.4, 0.5) is 0 Å². The second kappa shape index (κ2) is 2.46. The molecule has 1 N–H and O–H groups in total. The van der Waals surface area contributed by atoms with Crippen molar-refractivity contribution in [3.05, 3.63) is 0 Å². The highest BCUT2D eigenvalue weighted by Gasteiger charge is 2.43. The first-order valence-electron chi connectivity index (χ1n) is 4.53. The Bertz CT molecular complexity index is 223. The highest BCUT2D eigenvalue weighted by Crippen LogP contribution is 2.40. The van der Waals surface area contributed by atoms with Crippen molar-refractivity contribution in [2.45, 2.75) is 39.4 Å². The number of hydrogen-bond donors (Lipinski definition) is 1. The van der Waals surface area contributed by atoms with Crippen molar-refractivity contribution in [2.75, 3.05) is 0 Å². The van der Waals surface area contributed by atoms with Crippen LogP contribution < -0.4 is 0 Å². The molecule has 12 heavy (non-hydrogen) atoms. The van der Waals surface area contributed by atoms with Gasteiger partial charge < -0.3 is 9.94 Å². The van der Waals surface area contributed by atoms with Gasteiger partial charge in [-0.1, -0.05) is 25.4 Å². The lowest BCUT2D eigenvalue weighted by atomic mass is 9.70. The Balaban J connectivity index is 2.25. The molecule has 0 saturated heterocycles. The molecule has 0 radical (unpaired) electrons. The molecule has 0 amide bonds. The van der Waals surface area contributed by atoms with Crippen molar-refractivity contribution in [1.29, 1.82) is 0 Å². The summed E-state index contributed by atoms with van der Waals surface area (Å²) in [6, 6.07) is 0. The molecule has 1 heterocycles. The van der Waals surface area contributed by atoms with Gasteiger partial charge in [0.15, 0.2) is 0 Å². The summed E-state index contributed by atoms with van der Waals surface area (Å²) in [5.41, 5.74) is 1.18. The van der Waals surface area contributed by atoms with Crippen LogP contribution in [0, 0.1) is 11.3 Å². The number of fused-ring (bicyclic) bond motifs is 1. The van der Waals surface area contributed by atoms with Gasteiger partial charge in [-0.2, -0.15) is 0 Å². The van der Waals surface area contributed by atoms with Crippen molar-refractivity contribution >= 4 is 5.71 Å². The van der Waals surface area contributed by atoms with Crippen LogP contribution in [0.2, 0.25) is 0 Å². The number of hydrogen-bond acceptors (Lipinski definition) is 3. The molecule has 0 bridgehead atoms. The van der Waals surface area contributed by atoms with Crippen LogP contribution in [0.15, 0.2) is 5.16 Å². The first-order valence-corrected chi connectivity index (χ1v) is 4.53. The minimum absolute atomic E-state index is 0.125. The fourth-order valence-electron chi connectivity index (χ4n) is 2.18. The lowest BCUT2D eigenvalue weighted by Gasteiger charge is -2.32. The molecule has 0 aromatic heterocycles. The third-order valence-electron chi connectivity index (χ3n) is 2.96. The summed E-state index contributed by atoms with van der Waals surface area (Å²) in [4.78, 5) is 4.88. The Hall–Kier alpha value is -0.570. The molecule has 2 rings (SSSR count). The third-order valence-corrected chi connectivity index (χ3v) is 2.96. The summed E-state index contributed by atoms with van der Waals surface area (Å²) in [5.74, 6) is 0.161. The van der Waals surface area contributed by atoms with Gasteiger partial charge in [0.2, 0.25) is 6.29 Å². The van der Waals surface area contributed by atoms with Gasteiger partial charge in [0.1, 0.15) is 0 Å². The van der Waals surface area contributed by atoms with Crippen molar-refractivity contribution in [3.63, 3.8) is 0 Å². The number of rotatable bonds is 0. The maximum absolute atomic E-state index is 9.42. The lowest BCUT2D eigenvalue weighted by Crippen LogP contribution is -2.37. The van der Waals surface area contributed by atoms with Crippen molar-refractivity contribution in [1.82, 2.24) is 0 Å². The summed E-state index contributed by atoms with van der Waals surface area (Å²) in [6.45, 7) is 4.33. The normalized spacial score (nSPS) is 38.4. The topological polar surface area (TPSA) is 41.8 Å². The number of nitrogens with zero attached hydrogens (tertiary/aromatic N) is 1. The predicted octanol–water partition coefficient (Wildman–Crippen LogP) is 1.52. The van der Waals surface area contributed by atoms with Crippen LogP contribution >= 0.6 is 0 Å². The van der Waals surface area contributed by atoms with Crippen molar-refractivity contribution < 1.29 is 9.94 Å². The predicted molar refractivity (Wildman–Crippen MR) is 45.6 cm³/mol. The SMILES string of the molecule is CC1(C)CCC[C@@H]2C1=NO[C@@H]2O. The van der Waals surface area contributed by atoms with E-state index in [1.54, 1.807) is 0 Å². The van der Waals surface area contributed by atoms with E-state index in [4.69, 9.17) is 4.84 Å². The second-order valence-corrected chi connectivity index (χ2v) is 4.36. The van der Waals surface area contributed by atoms with E-state index in [1.807, 2.05) is 0 Å². The largest absolute Gasteiger partial charge is 0.363 e. The fourth-order valence-corrected chi connectivity index (χ4v) is 2.18. The average Bonchev–Trinajstić information content (AvgIpc) is 2.33. The number of oxime groups is 1. The van der Waals surface area contributed by atoms with Gasteiger partial charge in [0, 0.05) is 5.41 Å². The molecular weight excluding hydrogens is 154 g/mol. The van der Waals surface area contributed by atoms with E-state index in [0.717, 1.165) is 25.0 Å². The highest BCUT2D eigenvalue weighted by molar-refractivity contribution is 5.93. The summed E-state index contributed by atoms with van der Waals surface area (Å²) in [6.07, 6.45) is 2.65.